The van der Waals surface area contributed by atoms with E-state index in [0.717, 1.165) is 37.4 Å². The Kier molecular flexibility index (Phi) is 4.31. The lowest BCUT2D eigenvalue weighted by Crippen LogP contribution is -2.29. The molecule has 0 radical (unpaired) electrons. The Morgan fingerprint density at radius 2 is 2.10 bits per heavy atom. The summed E-state index contributed by atoms with van der Waals surface area (Å²) in [6.07, 6.45) is 4.18. The van der Waals surface area contributed by atoms with Crippen molar-refractivity contribution in [3.8, 4) is 0 Å². The van der Waals surface area contributed by atoms with Crippen molar-refractivity contribution in [2.24, 2.45) is 10.9 Å². The number of rotatable bonds is 4. The standard InChI is InChI=1S/C16H21FN2O/c17-14-3-1-2-13(8-14)9-15-11-19-16(20-15)10-12-4-6-18-7-5-12/h1-3,8,12,15,18H,4-7,9-11H2. The fourth-order valence-electron chi connectivity index (χ4n) is 2.95. The van der Waals surface area contributed by atoms with Gasteiger partial charge in [0.15, 0.2) is 5.90 Å². The maximum absolute atomic E-state index is 13.2. The van der Waals surface area contributed by atoms with Gasteiger partial charge in [-0.05, 0) is 49.5 Å². The van der Waals surface area contributed by atoms with E-state index < -0.39 is 0 Å². The average molecular weight is 276 g/mol. The van der Waals surface area contributed by atoms with Crippen molar-refractivity contribution in [3.63, 3.8) is 0 Å². The summed E-state index contributed by atoms with van der Waals surface area (Å²) >= 11 is 0. The van der Waals surface area contributed by atoms with Crippen LogP contribution in [-0.2, 0) is 11.2 Å². The molecule has 1 atom stereocenters. The van der Waals surface area contributed by atoms with Gasteiger partial charge in [0.05, 0.1) is 6.54 Å². The second kappa shape index (κ2) is 6.35. The lowest BCUT2D eigenvalue weighted by Gasteiger charge is -2.22. The molecule has 0 spiro atoms. The summed E-state index contributed by atoms with van der Waals surface area (Å²) in [6.45, 7) is 2.91. The second-order valence-corrected chi connectivity index (χ2v) is 5.71. The monoisotopic (exact) mass is 276 g/mol. The van der Waals surface area contributed by atoms with E-state index in [1.54, 1.807) is 12.1 Å². The summed E-state index contributed by atoms with van der Waals surface area (Å²) < 4.78 is 19.1. The molecule has 2 heterocycles. The Bertz CT molecular complexity index is 483. The fraction of sp³-hybridized carbons (Fsp3) is 0.562. The van der Waals surface area contributed by atoms with Crippen molar-refractivity contribution in [1.82, 2.24) is 5.32 Å². The van der Waals surface area contributed by atoms with Gasteiger partial charge in [-0.3, -0.25) is 4.99 Å². The molecular formula is C16H21FN2O. The molecule has 2 aliphatic heterocycles. The van der Waals surface area contributed by atoms with Crippen LogP contribution in [0, 0.1) is 11.7 Å². The van der Waals surface area contributed by atoms with Crippen LogP contribution in [0.3, 0.4) is 0 Å². The summed E-state index contributed by atoms with van der Waals surface area (Å²) in [5.74, 6) is 1.41. The third-order valence-electron chi connectivity index (χ3n) is 4.05. The normalized spacial score (nSPS) is 23.4. The van der Waals surface area contributed by atoms with E-state index >= 15 is 0 Å². The van der Waals surface area contributed by atoms with Crippen LogP contribution < -0.4 is 5.32 Å². The van der Waals surface area contributed by atoms with E-state index in [0.29, 0.717) is 12.5 Å². The van der Waals surface area contributed by atoms with E-state index in [4.69, 9.17) is 4.74 Å². The van der Waals surface area contributed by atoms with Crippen LogP contribution in [0.4, 0.5) is 4.39 Å². The molecule has 0 aromatic heterocycles. The van der Waals surface area contributed by atoms with Gasteiger partial charge in [0.25, 0.3) is 0 Å². The van der Waals surface area contributed by atoms with E-state index in [-0.39, 0.29) is 11.9 Å². The molecule has 1 aromatic carbocycles. The van der Waals surface area contributed by atoms with Gasteiger partial charge in [-0.1, -0.05) is 12.1 Å². The van der Waals surface area contributed by atoms with Gasteiger partial charge in [0.1, 0.15) is 11.9 Å². The Balaban J connectivity index is 1.48. The zero-order valence-corrected chi connectivity index (χ0v) is 11.6. The number of aliphatic imine (C=N–C) groups is 1. The number of ether oxygens (including phenoxy) is 1. The molecule has 108 valence electrons. The van der Waals surface area contributed by atoms with Gasteiger partial charge in [0.2, 0.25) is 0 Å². The van der Waals surface area contributed by atoms with Gasteiger partial charge < -0.3 is 10.1 Å². The number of benzene rings is 1. The zero-order chi connectivity index (χ0) is 13.8. The number of piperidine rings is 1. The lowest BCUT2D eigenvalue weighted by molar-refractivity contribution is 0.212. The summed E-state index contributed by atoms with van der Waals surface area (Å²) in [5, 5.41) is 3.37. The van der Waals surface area contributed by atoms with Gasteiger partial charge >= 0.3 is 0 Å². The quantitative estimate of drug-likeness (QED) is 0.917. The van der Waals surface area contributed by atoms with Crippen LogP contribution in [0.25, 0.3) is 0 Å². The molecule has 0 aliphatic carbocycles. The summed E-state index contributed by atoms with van der Waals surface area (Å²) in [6, 6.07) is 6.74. The predicted octanol–water partition coefficient (Wildman–Crippen LogP) is 2.56. The molecule has 3 nitrogen and oxygen atoms in total. The molecule has 1 aromatic rings. The van der Waals surface area contributed by atoms with Crippen molar-refractivity contribution in [1.29, 1.82) is 0 Å². The average Bonchev–Trinajstić information content (AvgIpc) is 2.87. The summed E-state index contributed by atoms with van der Waals surface area (Å²) in [7, 11) is 0. The van der Waals surface area contributed by atoms with Gasteiger partial charge in [0, 0.05) is 12.8 Å². The second-order valence-electron chi connectivity index (χ2n) is 5.71. The molecule has 0 amide bonds. The molecule has 1 unspecified atom stereocenters. The number of nitrogens with one attached hydrogen (secondary N) is 1. The van der Waals surface area contributed by atoms with Crippen LogP contribution in [0.5, 0.6) is 0 Å². The molecule has 3 rings (SSSR count). The van der Waals surface area contributed by atoms with Crippen molar-refractivity contribution < 1.29 is 9.13 Å². The first-order valence-electron chi connectivity index (χ1n) is 7.45. The minimum atomic E-state index is -0.184. The molecule has 20 heavy (non-hydrogen) atoms. The highest BCUT2D eigenvalue weighted by Gasteiger charge is 2.23. The largest absolute Gasteiger partial charge is 0.475 e. The van der Waals surface area contributed by atoms with Gasteiger partial charge in [-0.2, -0.15) is 0 Å². The highest BCUT2D eigenvalue weighted by molar-refractivity contribution is 5.78. The summed E-state index contributed by atoms with van der Waals surface area (Å²) in [4.78, 5) is 4.51. The topological polar surface area (TPSA) is 33.6 Å². The molecule has 1 saturated heterocycles. The first kappa shape index (κ1) is 13.6. The molecule has 1 N–H and O–H groups in total. The first-order valence-corrected chi connectivity index (χ1v) is 7.45. The summed E-state index contributed by atoms with van der Waals surface area (Å²) in [5.41, 5.74) is 0.980. The van der Waals surface area contributed by atoms with E-state index in [1.807, 2.05) is 6.07 Å². The number of hydrogen-bond donors (Lipinski definition) is 1. The zero-order valence-electron chi connectivity index (χ0n) is 11.6. The third kappa shape index (κ3) is 3.57. The highest BCUT2D eigenvalue weighted by atomic mass is 19.1. The minimum Gasteiger partial charge on any atom is -0.475 e. The van der Waals surface area contributed by atoms with Gasteiger partial charge in [-0.15, -0.1) is 0 Å². The Morgan fingerprint density at radius 3 is 2.90 bits per heavy atom. The number of nitrogens with zero attached hydrogens (tertiary/aromatic N) is 1. The van der Waals surface area contributed by atoms with Crippen LogP contribution in [-0.4, -0.2) is 31.6 Å². The minimum absolute atomic E-state index is 0.0773. The molecule has 0 saturated carbocycles. The number of hydrogen-bond acceptors (Lipinski definition) is 3. The van der Waals surface area contributed by atoms with Crippen LogP contribution in [0.15, 0.2) is 29.3 Å². The predicted molar refractivity (Wildman–Crippen MR) is 77.5 cm³/mol. The van der Waals surface area contributed by atoms with E-state index in [2.05, 4.69) is 10.3 Å². The molecule has 4 heteroatoms. The Hall–Kier alpha value is -1.42. The number of halogens is 1. The third-order valence-corrected chi connectivity index (χ3v) is 4.05. The first-order chi connectivity index (χ1) is 9.79. The van der Waals surface area contributed by atoms with E-state index in [1.165, 1.54) is 18.9 Å². The van der Waals surface area contributed by atoms with Crippen LogP contribution >= 0.6 is 0 Å². The van der Waals surface area contributed by atoms with E-state index in [9.17, 15) is 4.39 Å². The van der Waals surface area contributed by atoms with Gasteiger partial charge in [-0.25, -0.2) is 4.39 Å². The van der Waals surface area contributed by atoms with Crippen molar-refractivity contribution >= 4 is 5.90 Å². The highest BCUT2D eigenvalue weighted by Crippen LogP contribution is 2.21. The van der Waals surface area contributed by atoms with Crippen LogP contribution in [0.2, 0.25) is 0 Å². The van der Waals surface area contributed by atoms with Crippen molar-refractivity contribution in [3.05, 3.63) is 35.6 Å². The molecule has 1 fully saturated rings. The molecular weight excluding hydrogens is 255 g/mol. The lowest BCUT2D eigenvalue weighted by atomic mass is 9.95. The maximum atomic E-state index is 13.2. The molecule has 0 bridgehead atoms. The SMILES string of the molecule is Fc1cccc(CC2CN=C(CC3CCNCC3)O2)c1. The van der Waals surface area contributed by atoms with Crippen molar-refractivity contribution in [2.75, 3.05) is 19.6 Å². The maximum Gasteiger partial charge on any atom is 0.184 e. The fourth-order valence-corrected chi connectivity index (χ4v) is 2.95. The smallest absolute Gasteiger partial charge is 0.184 e. The Labute approximate surface area is 119 Å². The molecule has 2 aliphatic rings. The van der Waals surface area contributed by atoms with Crippen LogP contribution in [0.1, 0.15) is 24.8 Å². The Morgan fingerprint density at radius 1 is 1.25 bits per heavy atom. The van der Waals surface area contributed by atoms with Crippen molar-refractivity contribution in [2.45, 2.75) is 31.8 Å².